The van der Waals surface area contributed by atoms with Gasteiger partial charge < -0.3 is 29.6 Å². The van der Waals surface area contributed by atoms with Crippen molar-refractivity contribution in [2.75, 3.05) is 39.4 Å². The van der Waals surface area contributed by atoms with Crippen LogP contribution in [0.4, 0.5) is 0 Å². The fourth-order valence-electron chi connectivity index (χ4n) is 2.41. The second-order valence-corrected chi connectivity index (χ2v) is 4.68. The first-order valence-corrected chi connectivity index (χ1v) is 6.18. The summed E-state index contributed by atoms with van der Waals surface area (Å²) in [6.07, 6.45) is 1.55. The number of ether oxygens (including phenoxy) is 2. The number of aliphatic carboxylic acids is 1. The molecular weight excluding hydrogens is 240 g/mol. The minimum absolute atomic E-state index is 0.265. The Morgan fingerprint density at radius 1 is 1.22 bits per heavy atom. The number of likely N-dealkylation sites (tertiary alicyclic amines) is 1. The van der Waals surface area contributed by atoms with Crippen molar-refractivity contribution in [1.29, 1.82) is 0 Å². The monoisotopic (exact) mass is 258 g/mol. The van der Waals surface area contributed by atoms with E-state index in [1.54, 1.807) is 0 Å². The summed E-state index contributed by atoms with van der Waals surface area (Å²) in [7, 11) is 0. The topological polar surface area (TPSA) is 92.1 Å². The van der Waals surface area contributed by atoms with Gasteiger partial charge in [0.1, 0.15) is 0 Å². The number of carboxylic acids is 1. The fourth-order valence-corrected chi connectivity index (χ4v) is 2.41. The second kappa shape index (κ2) is 5.64. The van der Waals surface area contributed by atoms with E-state index >= 15 is 0 Å². The molecule has 0 radical (unpaired) electrons. The second-order valence-electron chi connectivity index (χ2n) is 4.68. The van der Waals surface area contributed by atoms with E-state index in [4.69, 9.17) is 9.47 Å². The van der Waals surface area contributed by atoms with E-state index in [0.29, 0.717) is 13.2 Å². The first-order valence-electron chi connectivity index (χ1n) is 6.18. The van der Waals surface area contributed by atoms with Gasteiger partial charge in [0.25, 0.3) is 5.91 Å². The molecule has 2 aliphatic rings. The van der Waals surface area contributed by atoms with Crippen molar-refractivity contribution in [3.05, 3.63) is 0 Å². The molecule has 102 valence electrons. The number of quaternary nitrogens is 1. The Hall–Kier alpha value is -1.18. The predicted octanol–water partition coefficient (Wildman–Crippen LogP) is -3.73. The van der Waals surface area contributed by atoms with E-state index in [0.717, 1.165) is 30.8 Å². The van der Waals surface area contributed by atoms with Gasteiger partial charge in [-0.2, -0.15) is 0 Å². The molecule has 2 N–H and O–H groups in total. The number of amides is 1. The van der Waals surface area contributed by atoms with Crippen LogP contribution >= 0.6 is 0 Å². The largest absolute Gasteiger partial charge is 0.548 e. The molecule has 0 saturated carbocycles. The molecule has 18 heavy (non-hydrogen) atoms. The van der Waals surface area contributed by atoms with Crippen molar-refractivity contribution in [2.24, 2.45) is 0 Å². The van der Waals surface area contributed by atoms with Gasteiger partial charge >= 0.3 is 0 Å². The van der Waals surface area contributed by atoms with Gasteiger partial charge in [-0.05, 0) is 0 Å². The Morgan fingerprint density at radius 3 is 2.39 bits per heavy atom. The molecule has 1 amide bonds. The summed E-state index contributed by atoms with van der Waals surface area (Å²) in [6.45, 7) is 2.71. The van der Waals surface area contributed by atoms with Gasteiger partial charge in [0.05, 0.1) is 51.7 Å². The highest BCUT2D eigenvalue weighted by Gasteiger charge is 2.41. The van der Waals surface area contributed by atoms with Gasteiger partial charge in [0.2, 0.25) is 0 Å². The van der Waals surface area contributed by atoms with E-state index in [1.165, 1.54) is 0 Å². The van der Waals surface area contributed by atoms with Crippen LogP contribution in [0.5, 0.6) is 0 Å². The van der Waals surface area contributed by atoms with Crippen molar-refractivity contribution in [3.8, 4) is 0 Å². The third-order valence-corrected chi connectivity index (χ3v) is 3.37. The van der Waals surface area contributed by atoms with Crippen molar-refractivity contribution in [3.63, 3.8) is 0 Å². The van der Waals surface area contributed by atoms with Crippen molar-refractivity contribution in [1.82, 2.24) is 5.32 Å². The average Bonchev–Trinajstić information content (AvgIpc) is 2.79. The quantitative estimate of drug-likeness (QED) is 0.541. The summed E-state index contributed by atoms with van der Waals surface area (Å²) in [6, 6.07) is 0. The Balaban J connectivity index is 1.70. The number of hydrogen-bond donors (Lipinski definition) is 2. The Bertz CT molecular complexity index is 317. The fraction of sp³-hybridized carbons (Fsp3) is 0.818. The lowest BCUT2D eigenvalue weighted by Crippen LogP contribution is -3.14. The van der Waals surface area contributed by atoms with Crippen molar-refractivity contribution < 1.29 is 29.1 Å². The van der Waals surface area contributed by atoms with Crippen LogP contribution in [-0.4, -0.2) is 57.1 Å². The molecule has 2 heterocycles. The lowest BCUT2D eigenvalue weighted by atomic mass is 10.0. The molecule has 7 heteroatoms. The molecule has 7 nitrogen and oxygen atoms in total. The van der Waals surface area contributed by atoms with Crippen molar-refractivity contribution >= 4 is 11.9 Å². The molecular formula is C11H18N2O5. The molecule has 0 aromatic heterocycles. The molecule has 1 spiro atoms. The minimum Gasteiger partial charge on any atom is -0.548 e. The first kappa shape index (κ1) is 13.3. The summed E-state index contributed by atoms with van der Waals surface area (Å²) >= 11 is 0. The minimum atomic E-state index is -1.27. The third kappa shape index (κ3) is 3.41. The molecule has 2 rings (SSSR count). The summed E-state index contributed by atoms with van der Waals surface area (Å²) in [5, 5.41) is 12.5. The average molecular weight is 258 g/mol. The SMILES string of the molecule is O=C([O-])CNC(=O)C[NH+]1CCC2(CC1)OCCO2. The Kier molecular flexibility index (Phi) is 4.15. The van der Waals surface area contributed by atoms with Crippen LogP contribution in [-0.2, 0) is 19.1 Å². The Labute approximate surface area is 105 Å². The third-order valence-electron chi connectivity index (χ3n) is 3.37. The predicted molar refractivity (Wildman–Crippen MR) is 57.4 cm³/mol. The maximum absolute atomic E-state index is 11.4. The van der Waals surface area contributed by atoms with Crippen LogP contribution in [0.15, 0.2) is 0 Å². The molecule has 2 aliphatic heterocycles. The van der Waals surface area contributed by atoms with Crippen LogP contribution < -0.4 is 15.3 Å². The summed E-state index contributed by atoms with van der Waals surface area (Å²) in [5.74, 6) is -1.97. The molecule has 0 bridgehead atoms. The molecule has 2 fully saturated rings. The lowest BCUT2D eigenvalue weighted by Gasteiger charge is -2.34. The zero-order valence-electron chi connectivity index (χ0n) is 10.2. The van der Waals surface area contributed by atoms with Gasteiger partial charge in [-0.25, -0.2) is 0 Å². The molecule has 0 aromatic rings. The van der Waals surface area contributed by atoms with E-state index < -0.39 is 18.3 Å². The van der Waals surface area contributed by atoms with E-state index in [2.05, 4.69) is 5.32 Å². The first-order chi connectivity index (χ1) is 8.60. The van der Waals surface area contributed by atoms with Crippen LogP contribution in [0.1, 0.15) is 12.8 Å². The summed E-state index contributed by atoms with van der Waals surface area (Å²) < 4.78 is 11.2. The highest BCUT2D eigenvalue weighted by Crippen LogP contribution is 2.27. The number of piperidine rings is 1. The van der Waals surface area contributed by atoms with Crippen LogP contribution in [0.25, 0.3) is 0 Å². The van der Waals surface area contributed by atoms with Gasteiger partial charge in [-0.15, -0.1) is 0 Å². The molecule has 0 aromatic carbocycles. The zero-order chi connectivity index (χ0) is 13.0. The molecule has 0 aliphatic carbocycles. The number of rotatable bonds is 4. The summed E-state index contributed by atoms with van der Waals surface area (Å²) in [5.41, 5.74) is 0. The lowest BCUT2D eigenvalue weighted by molar-refractivity contribution is -0.900. The molecule has 2 saturated heterocycles. The highest BCUT2D eigenvalue weighted by atomic mass is 16.7. The van der Waals surface area contributed by atoms with Crippen LogP contribution in [0.2, 0.25) is 0 Å². The zero-order valence-corrected chi connectivity index (χ0v) is 10.2. The molecule has 0 unspecified atom stereocenters. The number of carbonyl (C=O) groups is 2. The van der Waals surface area contributed by atoms with Gasteiger partial charge in [0, 0.05) is 0 Å². The maximum Gasteiger partial charge on any atom is 0.275 e. The number of carboxylic acid groups (broad SMARTS) is 1. The van der Waals surface area contributed by atoms with Crippen molar-refractivity contribution in [2.45, 2.75) is 18.6 Å². The van der Waals surface area contributed by atoms with E-state index in [9.17, 15) is 14.7 Å². The highest BCUT2D eigenvalue weighted by molar-refractivity contribution is 5.81. The van der Waals surface area contributed by atoms with E-state index in [-0.39, 0.29) is 12.5 Å². The number of hydrogen-bond acceptors (Lipinski definition) is 5. The number of nitrogens with one attached hydrogen (secondary N) is 2. The molecule has 0 atom stereocenters. The van der Waals surface area contributed by atoms with Gasteiger partial charge in [-0.1, -0.05) is 0 Å². The van der Waals surface area contributed by atoms with Gasteiger partial charge in [0.15, 0.2) is 12.3 Å². The summed E-state index contributed by atoms with van der Waals surface area (Å²) in [4.78, 5) is 22.8. The normalized spacial score (nSPS) is 23.1. The maximum atomic E-state index is 11.4. The van der Waals surface area contributed by atoms with Gasteiger partial charge in [-0.3, -0.25) is 4.79 Å². The number of carbonyl (C=O) groups excluding carboxylic acids is 2. The van der Waals surface area contributed by atoms with E-state index in [1.807, 2.05) is 0 Å². The Morgan fingerprint density at radius 2 is 1.83 bits per heavy atom. The van der Waals surface area contributed by atoms with Crippen LogP contribution in [0.3, 0.4) is 0 Å². The smallest absolute Gasteiger partial charge is 0.275 e. The standard InChI is InChI=1S/C11H18N2O5/c14-9(12-7-10(15)16)8-13-3-1-11(2-4-13)17-5-6-18-11/h1-8H2,(H,12,14)(H,15,16). The van der Waals surface area contributed by atoms with Crippen LogP contribution in [0, 0.1) is 0 Å².